The van der Waals surface area contributed by atoms with Gasteiger partial charge in [-0.2, -0.15) is 0 Å². The lowest BCUT2D eigenvalue weighted by atomic mass is 9.95. The van der Waals surface area contributed by atoms with Crippen molar-refractivity contribution in [1.29, 1.82) is 0 Å². The van der Waals surface area contributed by atoms with E-state index in [1.165, 1.54) is 46.7 Å². The van der Waals surface area contributed by atoms with Gasteiger partial charge in [0.25, 0.3) is 11.5 Å². The third kappa shape index (κ3) is 3.34. The van der Waals surface area contributed by atoms with E-state index in [1.54, 1.807) is 29.6 Å². The van der Waals surface area contributed by atoms with Crippen LogP contribution in [0, 0.1) is 10.1 Å². The molecule has 8 nitrogen and oxygen atoms in total. The average molecular weight is 442 g/mol. The number of rotatable bonds is 4. The normalized spacial score (nSPS) is 18.0. The number of ketones is 1. The van der Waals surface area contributed by atoms with Crippen LogP contribution in [0.15, 0.2) is 65.7 Å². The van der Waals surface area contributed by atoms with Gasteiger partial charge in [0.15, 0.2) is 5.13 Å². The number of amides is 1. The van der Waals surface area contributed by atoms with E-state index in [0.29, 0.717) is 15.7 Å². The Morgan fingerprint density at radius 2 is 1.80 bits per heavy atom. The number of nitro benzene ring substituents is 1. The molecular formula is C20H12ClN3O5S. The topological polar surface area (TPSA) is 114 Å². The Labute approximate surface area is 178 Å². The van der Waals surface area contributed by atoms with Crippen molar-refractivity contribution in [3.05, 3.63) is 91.9 Å². The highest BCUT2D eigenvalue weighted by molar-refractivity contribution is 7.14. The Balaban J connectivity index is 1.90. The molecule has 0 unspecified atom stereocenters. The maximum Gasteiger partial charge on any atom is 0.301 e. The number of hydrogen-bond acceptors (Lipinski definition) is 7. The smallest absolute Gasteiger partial charge is 0.301 e. The fourth-order valence-corrected chi connectivity index (χ4v) is 4.01. The molecule has 1 aliphatic heterocycles. The molecule has 1 atom stereocenters. The number of carbonyl (C=O) groups excluding carboxylic acids is 2. The molecule has 0 spiro atoms. The molecule has 10 heteroatoms. The standard InChI is InChI=1S/C20H12ClN3O5S/c21-13-5-1-11(2-6-13)16-15(17(25)12-3-7-14(8-4-12)24(28)29)18(26)19(27)23(16)20-22-9-10-30-20/h1-10,16,25H/t16-/m0/s1. The number of thiazole rings is 1. The van der Waals surface area contributed by atoms with Gasteiger partial charge in [-0.3, -0.25) is 24.6 Å². The molecule has 30 heavy (non-hydrogen) atoms. The summed E-state index contributed by atoms with van der Waals surface area (Å²) in [7, 11) is 0. The molecule has 2 heterocycles. The summed E-state index contributed by atoms with van der Waals surface area (Å²) in [4.78, 5) is 41.4. The van der Waals surface area contributed by atoms with E-state index >= 15 is 0 Å². The number of halogens is 1. The first-order chi connectivity index (χ1) is 14.4. The highest BCUT2D eigenvalue weighted by Crippen LogP contribution is 2.42. The van der Waals surface area contributed by atoms with Gasteiger partial charge >= 0.3 is 5.91 Å². The highest BCUT2D eigenvalue weighted by Gasteiger charge is 2.47. The minimum atomic E-state index is -0.927. The molecule has 4 rings (SSSR count). The van der Waals surface area contributed by atoms with Crippen LogP contribution in [0.5, 0.6) is 0 Å². The molecule has 1 aliphatic rings. The number of carbonyl (C=O) groups is 2. The lowest BCUT2D eigenvalue weighted by Gasteiger charge is -2.23. The Kier molecular flexibility index (Phi) is 5.06. The molecule has 0 radical (unpaired) electrons. The molecule has 0 saturated carbocycles. The van der Waals surface area contributed by atoms with E-state index in [-0.39, 0.29) is 16.8 Å². The maximum absolute atomic E-state index is 12.9. The summed E-state index contributed by atoms with van der Waals surface area (Å²) in [6.45, 7) is 0. The molecule has 150 valence electrons. The van der Waals surface area contributed by atoms with E-state index < -0.39 is 28.4 Å². The molecule has 1 N–H and O–H groups in total. The zero-order valence-electron chi connectivity index (χ0n) is 15.1. The molecule has 2 aromatic carbocycles. The lowest BCUT2D eigenvalue weighted by molar-refractivity contribution is -0.384. The summed E-state index contributed by atoms with van der Waals surface area (Å²) >= 11 is 7.15. The Morgan fingerprint density at radius 3 is 2.37 bits per heavy atom. The summed E-state index contributed by atoms with van der Waals surface area (Å²) < 4.78 is 0. The zero-order chi connectivity index (χ0) is 21.4. The van der Waals surface area contributed by atoms with Crippen molar-refractivity contribution in [3.63, 3.8) is 0 Å². The molecule has 1 fully saturated rings. The first kappa shape index (κ1) is 19.7. The first-order valence-corrected chi connectivity index (χ1v) is 9.85. The van der Waals surface area contributed by atoms with Gasteiger partial charge in [0.05, 0.1) is 16.5 Å². The fraction of sp³-hybridized carbons (Fsp3) is 0.0500. The maximum atomic E-state index is 12.9. The minimum Gasteiger partial charge on any atom is -0.507 e. The minimum absolute atomic E-state index is 0.133. The first-order valence-electron chi connectivity index (χ1n) is 8.59. The molecule has 1 aromatic heterocycles. The summed E-state index contributed by atoms with van der Waals surface area (Å²) in [5.74, 6) is -2.13. The van der Waals surface area contributed by atoms with Gasteiger partial charge in [-0.1, -0.05) is 23.7 Å². The molecule has 1 saturated heterocycles. The van der Waals surface area contributed by atoms with E-state index in [4.69, 9.17) is 11.6 Å². The van der Waals surface area contributed by atoms with Crippen LogP contribution in [-0.2, 0) is 9.59 Å². The Hall–Kier alpha value is -3.56. The van der Waals surface area contributed by atoms with Crippen LogP contribution in [-0.4, -0.2) is 26.7 Å². The molecular weight excluding hydrogens is 430 g/mol. The van der Waals surface area contributed by atoms with Crippen LogP contribution in [0.25, 0.3) is 5.76 Å². The van der Waals surface area contributed by atoms with Crippen LogP contribution in [0.3, 0.4) is 0 Å². The number of anilines is 1. The van der Waals surface area contributed by atoms with Crippen molar-refractivity contribution in [2.75, 3.05) is 4.90 Å². The number of nitrogens with zero attached hydrogens (tertiary/aromatic N) is 3. The van der Waals surface area contributed by atoms with E-state index in [0.717, 1.165) is 0 Å². The number of Topliss-reactive ketones (excluding diaryl/α,β-unsaturated/α-hetero) is 1. The fourth-order valence-electron chi connectivity index (χ4n) is 3.22. The quantitative estimate of drug-likeness (QED) is 0.212. The zero-order valence-corrected chi connectivity index (χ0v) is 16.6. The monoisotopic (exact) mass is 441 g/mol. The van der Waals surface area contributed by atoms with E-state index in [1.807, 2.05) is 0 Å². The SMILES string of the molecule is O=C1C(=O)N(c2nccs2)[C@@H](c2ccc(Cl)cc2)C1=C(O)c1ccc([N+](=O)[O-])cc1. The van der Waals surface area contributed by atoms with Crippen LogP contribution in [0.4, 0.5) is 10.8 Å². The second-order valence-corrected chi connectivity index (χ2v) is 7.65. The van der Waals surface area contributed by atoms with E-state index in [2.05, 4.69) is 4.98 Å². The summed E-state index contributed by atoms with van der Waals surface area (Å²) in [5, 5.41) is 24.2. The number of aliphatic hydroxyl groups is 1. The van der Waals surface area contributed by atoms with Gasteiger partial charge in [-0.15, -0.1) is 11.3 Å². The molecule has 3 aromatic rings. The largest absolute Gasteiger partial charge is 0.507 e. The number of aromatic nitrogens is 1. The van der Waals surface area contributed by atoms with Gasteiger partial charge in [-0.05, 0) is 29.8 Å². The Morgan fingerprint density at radius 1 is 1.13 bits per heavy atom. The summed E-state index contributed by atoms with van der Waals surface area (Å²) in [6.07, 6.45) is 1.51. The second kappa shape index (κ2) is 7.69. The van der Waals surface area contributed by atoms with Gasteiger partial charge in [0.2, 0.25) is 0 Å². The summed E-state index contributed by atoms with van der Waals surface area (Å²) in [6, 6.07) is 10.7. The van der Waals surface area contributed by atoms with E-state index in [9.17, 15) is 24.8 Å². The molecule has 0 aliphatic carbocycles. The highest BCUT2D eigenvalue weighted by atomic mass is 35.5. The predicted molar refractivity (Wildman–Crippen MR) is 111 cm³/mol. The van der Waals surface area contributed by atoms with Crippen LogP contribution in [0.1, 0.15) is 17.2 Å². The Bertz CT molecular complexity index is 1170. The number of non-ortho nitro benzene ring substituents is 1. The van der Waals surface area contributed by atoms with Gasteiger partial charge in [-0.25, -0.2) is 4.98 Å². The second-order valence-electron chi connectivity index (χ2n) is 6.34. The van der Waals surface area contributed by atoms with Crippen molar-refractivity contribution in [1.82, 2.24) is 4.98 Å². The predicted octanol–water partition coefficient (Wildman–Crippen LogP) is 4.33. The molecule has 0 bridgehead atoms. The number of aliphatic hydroxyl groups excluding tert-OH is 1. The van der Waals surface area contributed by atoms with Crippen molar-refractivity contribution in [3.8, 4) is 0 Å². The van der Waals surface area contributed by atoms with Crippen LogP contribution >= 0.6 is 22.9 Å². The number of benzene rings is 2. The number of hydrogen-bond donors (Lipinski definition) is 1. The summed E-state index contributed by atoms with van der Waals surface area (Å²) in [5.41, 5.74) is 0.435. The lowest BCUT2D eigenvalue weighted by Crippen LogP contribution is -2.29. The van der Waals surface area contributed by atoms with Crippen LogP contribution in [0.2, 0.25) is 5.02 Å². The van der Waals surface area contributed by atoms with Gasteiger partial charge < -0.3 is 5.11 Å². The third-order valence-corrected chi connectivity index (χ3v) is 5.63. The third-order valence-electron chi connectivity index (χ3n) is 4.61. The average Bonchev–Trinajstić information content (AvgIpc) is 3.35. The van der Waals surface area contributed by atoms with Gasteiger partial charge in [0.1, 0.15) is 5.76 Å². The van der Waals surface area contributed by atoms with Crippen molar-refractivity contribution in [2.45, 2.75) is 6.04 Å². The number of nitro groups is 1. The van der Waals surface area contributed by atoms with Crippen LogP contribution < -0.4 is 4.90 Å². The van der Waals surface area contributed by atoms with Gasteiger partial charge in [0, 0.05) is 34.3 Å². The molecule has 1 amide bonds. The van der Waals surface area contributed by atoms with Crippen molar-refractivity contribution in [2.24, 2.45) is 0 Å². The van der Waals surface area contributed by atoms with Crippen molar-refractivity contribution < 1.29 is 19.6 Å². The van der Waals surface area contributed by atoms with Crippen molar-refractivity contribution >= 4 is 51.2 Å².